The minimum atomic E-state index is 0. The Morgan fingerprint density at radius 3 is 1.50 bits per heavy atom. The summed E-state index contributed by atoms with van der Waals surface area (Å²) < 4.78 is 1.01. The van der Waals surface area contributed by atoms with E-state index in [1.807, 2.05) is 0 Å². The zero-order valence-corrected chi connectivity index (χ0v) is 14.2. The molecule has 108 valence electrons. The van der Waals surface area contributed by atoms with E-state index < -0.39 is 0 Å². The van der Waals surface area contributed by atoms with Crippen molar-refractivity contribution in [2.45, 2.75) is 12.3 Å². The van der Waals surface area contributed by atoms with Gasteiger partial charge in [0.2, 0.25) is 0 Å². The first-order chi connectivity index (χ1) is 9.06. The molecule has 2 heteroatoms. The van der Waals surface area contributed by atoms with E-state index >= 15 is 0 Å². The molecule has 0 unspecified atom stereocenters. The SMILES string of the molecule is C[N+](C)(C)CCC(c1ccccc1)c1ccccc1.[Br-]. The van der Waals surface area contributed by atoms with Gasteiger partial charge in [0.25, 0.3) is 0 Å². The van der Waals surface area contributed by atoms with Crippen LogP contribution in [-0.2, 0) is 0 Å². The number of halogens is 1. The normalized spacial score (nSPS) is 11.2. The third-order valence-electron chi connectivity index (χ3n) is 3.49. The van der Waals surface area contributed by atoms with Crippen LogP contribution in [0.5, 0.6) is 0 Å². The molecule has 0 spiro atoms. The van der Waals surface area contributed by atoms with E-state index in [1.54, 1.807) is 0 Å². The number of rotatable bonds is 5. The molecule has 0 heterocycles. The maximum Gasteiger partial charge on any atom is 0.0789 e. The number of quaternary nitrogens is 1. The van der Waals surface area contributed by atoms with Gasteiger partial charge in [0, 0.05) is 12.3 Å². The van der Waals surface area contributed by atoms with Crippen LogP contribution in [0.3, 0.4) is 0 Å². The lowest BCUT2D eigenvalue weighted by atomic mass is 9.88. The average molecular weight is 334 g/mol. The predicted molar refractivity (Wildman–Crippen MR) is 82.2 cm³/mol. The lowest BCUT2D eigenvalue weighted by Crippen LogP contribution is -3.00. The predicted octanol–water partition coefficient (Wildman–Crippen LogP) is 0.919. The van der Waals surface area contributed by atoms with Gasteiger partial charge in [0.05, 0.1) is 27.7 Å². The minimum absolute atomic E-state index is 0. The lowest BCUT2D eigenvalue weighted by Gasteiger charge is -2.27. The summed E-state index contributed by atoms with van der Waals surface area (Å²) in [6.45, 7) is 1.18. The van der Waals surface area contributed by atoms with Gasteiger partial charge in [-0.25, -0.2) is 0 Å². The van der Waals surface area contributed by atoms with E-state index in [-0.39, 0.29) is 17.0 Å². The molecule has 0 N–H and O–H groups in total. The van der Waals surface area contributed by atoms with E-state index in [4.69, 9.17) is 0 Å². The van der Waals surface area contributed by atoms with Crippen molar-refractivity contribution >= 4 is 0 Å². The Hall–Kier alpha value is -1.12. The highest BCUT2D eigenvalue weighted by Gasteiger charge is 2.17. The second-order valence-electron chi connectivity index (χ2n) is 6.18. The monoisotopic (exact) mass is 333 g/mol. The highest BCUT2D eigenvalue weighted by atomic mass is 79.9. The maximum atomic E-state index is 2.26. The van der Waals surface area contributed by atoms with Gasteiger partial charge >= 0.3 is 0 Å². The van der Waals surface area contributed by atoms with Gasteiger partial charge in [-0.15, -0.1) is 0 Å². The van der Waals surface area contributed by atoms with Gasteiger partial charge in [0.15, 0.2) is 0 Å². The second kappa shape index (κ2) is 7.61. The highest BCUT2D eigenvalue weighted by Crippen LogP contribution is 2.28. The van der Waals surface area contributed by atoms with Crippen molar-refractivity contribution in [3.8, 4) is 0 Å². The Balaban J connectivity index is 0.00000200. The Morgan fingerprint density at radius 2 is 1.15 bits per heavy atom. The van der Waals surface area contributed by atoms with E-state index in [1.165, 1.54) is 24.1 Å². The zero-order chi connectivity index (χ0) is 13.7. The molecule has 0 fully saturated rings. The average Bonchev–Trinajstić information content (AvgIpc) is 2.40. The smallest absolute Gasteiger partial charge is 0.0789 e. The molecule has 0 aliphatic rings. The molecule has 0 saturated heterocycles. The van der Waals surface area contributed by atoms with Crippen molar-refractivity contribution in [3.63, 3.8) is 0 Å². The fraction of sp³-hybridized carbons (Fsp3) is 0.333. The van der Waals surface area contributed by atoms with Crippen LogP contribution >= 0.6 is 0 Å². The van der Waals surface area contributed by atoms with Crippen molar-refractivity contribution in [2.75, 3.05) is 27.7 Å². The molecule has 2 rings (SSSR count). The van der Waals surface area contributed by atoms with Crippen molar-refractivity contribution < 1.29 is 21.5 Å². The van der Waals surface area contributed by atoms with Crippen molar-refractivity contribution in [1.29, 1.82) is 0 Å². The first-order valence-corrected chi connectivity index (χ1v) is 6.96. The van der Waals surface area contributed by atoms with Gasteiger partial charge in [-0.2, -0.15) is 0 Å². The van der Waals surface area contributed by atoms with Crippen molar-refractivity contribution in [3.05, 3.63) is 71.8 Å². The molecule has 0 bridgehead atoms. The molecular weight excluding hydrogens is 310 g/mol. The fourth-order valence-corrected chi connectivity index (χ4v) is 2.41. The molecule has 20 heavy (non-hydrogen) atoms. The highest BCUT2D eigenvalue weighted by molar-refractivity contribution is 5.32. The van der Waals surface area contributed by atoms with Crippen LogP contribution in [0.2, 0.25) is 0 Å². The third kappa shape index (κ3) is 5.10. The molecule has 0 atom stereocenters. The van der Waals surface area contributed by atoms with E-state index in [0.717, 1.165) is 4.48 Å². The van der Waals surface area contributed by atoms with Gasteiger partial charge in [-0.1, -0.05) is 60.7 Å². The summed E-state index contributed by atoms with van der Waals surface area (Å²) in [6.07, 6.45) is 1.18. The number of benzene rings is 2. The standard InChI is InChI=1S/C18H24N.BrH/c1-19(2,3)15-14-18(16-10-6-4-7-11-16)17-12-8-5-9-13-17;/h4-13,18H,14-15H2,1-3H3;1H/q+1;/p-1. The Morgan fingerprint density at radius 1 is 0.750 bits per heavy atom. The van der Waals surface area contributed by atoms with Gasteiger partial charge < -0.3 is 21.5 Å². The van der Waals surface area contributed by atoms with Crippen LogP contribution in [0.25, 0.3) is 0 Å². The van der Waals surface area contributed by atoms with E-state index in [0.29, 0.717) is 5.92 Å². The van der Waals surface area contributed by atoms with Crippen LogP contribution in [-0.4, -0.2) is 32.2 Å². The first-order valence-electron chi connectivity index (χ1n) is 6.96. The van der Waals surface area contributed by atoms with Crippen molar-refractivity contribution in [2.24, 2.45) is 0 Å². The number of nitrogens with zero attached hydrogens (tertiary/aromatic N) is 1. The minimum Gasteiger partial charge on any atom is -1.00 e. The molecule has 0 amide bonds. The molecule has 0 aliphatic carbocycles. The fourth-order valence-electron chi connectivity index (χ4n) is 2.41. The van der Waals surface area contributed by atoms with Gasteiger partial charge in [0.1, 0.15) is 0 Å². The molecule has 0 saturated carbocycles. The summed E-state index contributed by atoms with van der Waals surface area (Å²) in [4.78, 5) is 0. The molecule has 1 nitrogen and oxygen atoms in total. The molecule has 0 aliphatic heterocycles. The summed E-state index contributed by atoms with van der Waals surface area (Å²) >= 11 is 0. The first kappa shape index (κ1) is 16.9. The van der Waals surface area contributed by atoms with E-state index in [2.05, 4.69) is 81.8 Å². The van der Waals surface area contributed by atoms with Gasteiger partial charge in [-0.05, 0) is 11.1 Å². The summed E-state index contributed by atoms with van der Waals surface area (Å²) in [6, 6.07) is 21.7. The van der Waals surface area contributed by atoms with Crippen LogP contribution in [0.4, 0.5) is 0 Å². The summed E-state index contributed by atoms with van der Waals surface area (Å²) in [5, 5.41) is 0. The molecule has 2 aromatic carbocycles. The molecular formula is C18H24BrN. The van der Waals surface area contributed by atoms with Gasteiger partial charge in [-0.3, -0.25) is 0 Å². The van der Waals surface area contributed by atoms with E-state index in [9.17, 15) is 0 Å². The topological polar surface area (TPSA) is 0 Å². The second-order valence-corrected chi connectivity index (χ2v) is 6.18. The molecule has 0 aromatic heterocycles. The number of hydrogen-bond donors (Lipinski definition) is 0. The Kier molecular flexibility index (Phi) is 6.44. The molecule has 0 radical (unpaired) electrons. The maximum absolute atomic E-state index is 2.26. The quantitative estimate of drug-likeness (QED) is 0.714. The lowest BCUT2D eigenvalue weighted by molar-refractivity contribution is -0.870. The third-order valence-corrected chi connectivity index (χ3v) is 3.49. The Bertz CT molecular complexity index is 448. The number of hydrogen-bond acceptors (Lipinski definition) is 0. The Labute approximate surface area is 133 Å². The van der Waals surface area contributed by atoms with Crippen LogP contribution < -0.4 is 17.0 Å². The summed E-state index contributed by atoms with van der Waals surface area (Å²) in [5.41, 5.74) is 2.84. The zero-order valence-electron chi connectivity index (χ0n) is 12.6. The van der Waals surface area contributed by atoms with Crippen LogP contribution in [0.1, 0.15) is 23.5 Å². The van der Waals surface area contributed by atoms with Crippen LogP contribution in [0, 0.1) is 0 Å². The molecule has 2 aromatic rings. The largest absolute Gasteiger partial charge is 1.00 e. The summed E-state index contributed by atoms with van der Waals surface area (Å²) in [5.74, 6) is 0.500. The van der Waals surface area contributed by atoms with Crippen molar-refractivity contribution in [1.82, 2.24) is 0 Å². The summed E-state index contributed by atoms with van der Waals surface area (Å²) in [7, 11) is 6.77. The van der Waals surface area contributed by atoms with Crippen LogP contribution in [0.15, 0.2) is 60.7 Å².